The van der Waals surface area contributed by atoms with Gasteiger partial charge in [0.2, 0.25) is 5.13 Å². The summed E-state index contributed by atoms with van der Waals surface area (Å²) in [5.41, 5.74) is 5.78. The third-order valence-electron chi connectivity index (χ3n) is 2.01. The Kier molecular flexibility index (Phi) is 1.98. The molecule has 0 amide bonds. The van der Waals surface area contributed by atoms with E-state index in [2.05, 4.69) is 14.3 Å². The van der Waals surface area contributed by atoms with Crippen LogP contribution < -0.4 is 10.6 Å². The van der Waals surface area contributed by atoms with Crippen LogP contribution in [0.3, 0.4) is 0 Å². The standard InChI is InChI=1S/C7H12N4S/c1-5-9-7(12-10-5)11-3-2-6(8)4-11/h6H,2-4,8H2,1H3/t6-/m1/s1. The number of aryl methyl sites for hydroxylation is 1. The van der Waals surface area contributed by atoms with Gasteiger partial charge >= 0.3 is 0 Å². The predicted octanol–water partition coefficient (Wildman–Crippen LogP) is 0.384. The van der Waals surface area contributed by atoms with Gasteiger partial charge in [0.05, 0.1) is 0 Å². The van der Waals surface area contributed by atoms with E-state index in [4.69, 9.17) is 5.73 Å². The summed E-state index contributed by atoms with van der Waals surface area (Å²) in [5.74, 6) is 0.857. The van der Waals surface area contributed by atoms with Gasteiger partial charge in [0.15, 0.2) is 0 Å². The van der Waals surface area contributed by atoms with Gasteiger partial charge in [0.25, 0.3) is 0 Å². The average Bonchev–Trinajstić information content (AvgIpc) is 2.58. The first-order chi connectivity index (χ1) is 5.75. The number of nitrogens with two attached hydrogens (primary N) is 1. The van der Waals surface area contributed by atoms with Crippen LogP contribution in [0.4, 0.5) is 5.13 Å². The Morgan fingerprint density at radius 3 is 3.00 bits per heavy atom. The molecule has 1 aromatic heterocycles. The van der Waals surface area contributed by atoms with Gasteiger partial charge in [-0.3, -0.25) is 0 Å². The van der Waals surface area contributed by atoms with Gasteiger partial charge in [-0.05, 0) is 13.3 Å². The van der Waals surface area contributed by atoms with E-state index in [0.717, 1.165) is 30.5 Å². The molecule has 0 spiro atoms. The van der Waals surface area contributed by atoms with E-state index < -0.39 is 0 Å². The molecule has 0 aliphatic carbocycles. The van der Waals surface area contributed by atoms with Crippen molar-refractivity contribution in [2.45, 2.75) is 19.4 Å². The van der Waals surface area contributed by atoms with E-state index in [-0.39, 0.29) is 0 Å². The van der Waals surface area contributed by atoms with Crippen LogP contribution in [0.1, 0.15) is 12.2 Å². The molecule has 0 unspecified atom stereocenters. The van der Waals surface area contributed by atoms with Crippen molar-refractivity contribution in [2.24, 2.45) is 5.73 Å². The zero-order chi connectivity index (χ0) is 8.55. The summed E-state index contributed by atoms with van der Waals surface area (Å²) in [6, 6.07) is 0.314. The van der Waals surface area contributed by atoms with Crippen molar-refractivity contribution in [2.75, 3.05) is 18.0 Å². The number of hydrogen-bond acceptors (Lipinski definition) is 5. The molecule has 1 aliphatic heterocycles. The smallest absolute Gasteiger partial charge is 0.205 e. The Morgan fingerprint density at radius 1 is 1.67 bits per heavy atom. The number of anilines is 1. The van der Waals surface area contributed by atoms with Crippen molar-refractivity contribution in [3.05, 3.63) is 5.82 Å². The summed E-state index contributed by atoms with van der Waals surface area (Å²) in [4.78, 5) is 6.51. The average molecular weight is 184 g/mol. The first-order valence-corrected chi connectivity index (χ1v) is 4.84. The largest absolute Gasteiger partial charge is 0.345 e. The molecule has 1 aromatic rings. The lowest BCUT2D eigenvalue weighted by atomic mass is 10.3. The Morgan fingerprint density at radius 2 is 2.50 bits per heavy atom. The quantitative estimate of drug-likeness (QED) is 0.685. The molecule has 0 aromatic carbocycles. The molecule has 12 heavy (non-hydrogen) atoms. The molecule has 1 atom stereocenters. The van der Waals surface area contributed by atoms with Crippen LogP contribution in [0.2, 0.25) is 0 Å². The molecule has 2 N–H and O–H groups in total. The Balaban J connectivity index is 2.11. The van der Waals surface area contributed by atoms with Gasteiger partial charge < -0.3 is 10.6 Å². The van der Waals surface area contributed by atoms with E-state index in [9.17, 15) is 0 Å². The van der Waals surface area contributed by atoms with Crippen molar-refractivity contribution in [3.63, 3.8) is 0 Å². The molecular weight excluding hydrogens is 172 g/mol. The highest BCUT2D eigenvalue weighted by molar-refractivity contribution is 7.09. The van der Waals surface area contributed by atoms with Crippen LogP contribution in [0.5, 0.6) is 0 Å². The Bertz CT molecular complexity index is 272. The van der Waals surface area contributed by atoms with Crippen molar-refractivity contribution in [1.29, 1.82) is 0 Å². The monoisotopic (exact) mass is 184 g/mol. The molecule has 4 nitrogen and oxygen atoms in total. The van der Waals surface area contributed by atoms with Crippen LogP contribution in [-0.2, 0) is 0 Å². The third-order valence-corrected chi connectivity index (χ3v) is 2.88. The normalized spacial score (nSPS) is 23.5. The summed E-state index contributed by atoms with van der Waals surface area (Å²) in [7, 11) is 0. The molecule has 2 heterocycles. The number of rotatable bonds is 1. The maximum Gasteiger partial charge on any atom is 0.205 e. The SMILES string of the molecule is Cc1nsc(N2CC[C@@H](N)C2)n1. The Hall–Kier alpha value is -0.680. The second-order valence-corrected chi connectivity index (χ2v) is 3.85. The van der Waals surface area contributed by atoms with Crippen LogP contribution in [0, 0.1) is 6.92 Å². The molecule has 1 aliphatic rings. The molecule has 2 rings (SSSR count). The predicted molar refractivity (Wildman–Crippen MR) is 49.5 cm³/mol. The topological polar surface area (TPSA) is 55.0 Å². The molecule has 5 heteroatoms. The van der Waals surface area contributed by atoms with E-state index in [1.54, 1.807) is 0 Å². The lowest BCUT2D eigenvalue weighted by molar-refractivity contribution is 0.752. The summed E-state index contributed by atoms with van der Waals surface area (Å²) >= 11 is 1.46. The van der Waals surface area contributed by atoms with Crippen LogP contribution in [0.15, 0.2) is 0 Å². The molecule has 1 saturated heterocycles. The highest BCUT2D eigenvalue weighted by Gasteiger charge is 2.21. The van der Waals surface area contributed by atoms with Gasteiger partial charge in [-0.15, -0.1) is 0 Å². The zero-order valence-electron chi connectivity index (χ0n) is 7.03. The lowest BCUT2D eigenvalue weighted by Gasteiger charge is -2.11. The fraction of sp³-hybridized carbons (Fsp3) is 0.714. The second kappa shape index (κ2) is 2.99. The van der Waals surface area contributed by atoms with Crippen molar-refractivity contribution in [3.8, 4) is 0 Å². The molecule has 0 radical (unpaired) electrons. The maximum absolute atomic E-state index is 5.78. The molecule has 0 bridgehead atoms. The van der Waals surface area contributed by atoms with Gasteiger partial charge in [-0.25, -0.2) is 4.98 Å². The van der Waals surface area contributed by atoms with Crippen LogP contribution in [-0.4, -0.2) is 28.5 Å². The highest BCUT2D eigenvalue weighted by Crippen LogP contribution is 2.20. The minimum Gasteiger partial charge on any atom is -0.345 e. The summed E-state index contributed by atoms with van der Waals surface area (Å²) in [5, 5.41) is 1.01. The van der Waals surface area contributed by atoms with Crippen LogP contribution in [0.25, 0.3) is 0 Å². The number of nitrogens with zero attached hydrogens (tertiary/aromatic N) is 3. The maximum atomic E-state index is 5.78. The number of aromatic nitrogens is 2. The first-order valence-electron chi connectivity index (χ1n) is 4.06. The lowest BCUT2D eigenvalue weighted by Crippen LogP contribution is -2.26. The van der Waals surface area contributed by atoms with Crippen molar-refractivity contribution in [1.82, 2.24) is 9.36 Å². The fourth-order valence-electron chi connectivity index (χ4n) is 1.38. The van der Waals surface area contributed by atoms with Gasteiger partial charge in [-0.2, -0.15) is 4.37 Å². The van der Waals surface area contributed by atoms with Gasteiger partial charge in [-0.1, -0.05) is 0 Å². The Labute approximate surface area is 75.6 Å². The summed E-state index contributed by atoms with van der Waals surface area (Å²) in [6.07, 6.45) is 1.07. The third kappa shape index (κ3) is 1.42. The van der Waals surface area contributed by atoms with E-state index in [1.807, 2.05) is 6.92 Å². The summed E-state index contributed by atoms with van der Waals surface area (Å²) < 4.78 is 4.13. The van der Waals surface area contributed by atoms with Crippen molar-refractivity contribution < 1.29 is 0 Å². The molecule has 1 fully saturated rings. The van der Waals surface area contributed by atoms with E-state index >= 15 is 0 Å². The van der Waals surface area contributed by atoms with E-state index in [1.165, 1.54) is 11.5 Å². The van der Waals surface area contributed by atoms with Crippen LogP contribution >= 0.6 is 11.5 Å². The molecule has 66 valence electrons. The minimum atomic E-state index is 0.314. The molecular formula is C7H12N4S. The van der Waals surface area contributed by atoms with Gasteiger partial charge in [0, 0.05) is 30.7 Å². The minimum absolute atomic E-state index is 0.314. The highest BCUT2D eigenvalue weighted by atomic mass is 32.1. The van der Waals surface area contributed by atoms with Gasteiger partial charge in [0.1, 0.15) is 5.82 Å². The number of hydrogen-bond donors (Lipinski definition) is 1. The fourth-order valence-corrected chi connectivity index (χ4v) is 2.08. The van der Waals surface area contributed by atoms with E-state index in [0.29, 0.717) is 6.04 Å². The summed E-state index contributed by atoms with van der Waals surface area (Å²) in [6.45, 7) is 3.86. The van der Waals surface area contributed by atoms with Crippen molar-refractivity contribution >= 4 is 16.7 Å². The first kappa shape index (κ1) is 7.94. The molecule has 0 saturated carbocycles. The second-order valence-electron chi connectivity index (χ2n) is 3.12. The zero-order valence-corrected chi connectivity index (χ0v) is 7.84.